The molecular weight excluding hydrogens is 320 g/mol. The molecule has 2 nitrogen and oxygen atoms in total. The molecule has 0 heterocycles. The molecule has 128 valence electrons. The highest BCUT2D eigenvalue weighted by Crippen LogP contribution is 2.29. The number of allylic oxidation sites excluding steroid dienone is 1. The topological polar surface area (TPSA) is 26.3 Å². The van der Waals surface area contributed by atoms with E-state index in [-0.39, 0.29) is 5.78 Å². The van der Waals surface area contributed by atoms with Gasteiger partial charge < -0.3 is 4.74 Å². The summed E-state index contributed by atoms with van der Waals surface area (Å²) in [5.41, 5.74) is 4.89. The second-order valence-corrected chi connectivity index (χ2v) is 6.47. The highest BCUT2D eigenvalue weighted by Gasteiger charge is 2.21. The van der Waals surface area contributed by atoms with Crippen molar-refractivity contribution in [1.82, 2.24) is 0 Å². The van der Waals surface area contributed by atoms with E-state index < -0.39 is 0 Å². The first-order chi connectivity index (χ1) is 12.8. The number of para-hydroxylation sites is 1. The number of fused-ring (bicyclic) bond motifs is 1. The molecule has 2 heteroatoms. The third-order valence-electron chi connectivity index (χ3n) is 4.70. The molecule has 0 fully saturated rings. The van der Waals surface area contributed by atoms with E-state index in [9.17, 15) is 4.79 Å². The summed E-state index contributed by atoms with van der Waals surface area (Å²) >= 11 is 0. The number of carbonyl (C=O) groups is 1. The molecule has 0 saturated heterocycles. The first-order valence-electron chi connectivity index (χ1n) is 8.90. The predicted octanol–water partition coefficient (Wildman–Crippen LogP) is 5.48. The van der Waals surface area contributed by atoms with Crippen LogP contribution in [0.4, 0.5) is 0 Å². The average Bonchev–Trinajstić information content (AvgIpc) is 2.70. The van der Waals surface area contributed by atoms with Gasteiger partial charge in [0, 0.05) is 16.7 Å². The number of hydrogen-bond acceptors (Lipinski definition) is 2. The summed E-state index contributed by atoms with van der Waals surface area (Å²) in [6.07, 6.45) is 3.66. The third-order valence-corrected chi connectivity index (χ3v) is 4.70. The second kappa shape index (κ2) is 7.40. The van der Waals surface area contributed by atoms with Gasteiger partial charge in [-0.1, -0.05) is 72.8 Å². The quantitative estimate of drug-likeness (QED) is 0.588. The van der Waals surface area contributed by atoms with Crippen LogP contribution in [0.5, 0.6) is 5.75 Å². The van der Waals surface area contributed by atoms with Gasteiger partial charge in [-0.15, -0.1) is 0 Å². The van der Waals surface area contributed by atoms with E-state index in [0.717, 1.165) is 46.4 Å². The van der Waals surface area contributed by atoms with Crippen LogP contribution in [0.25, 0.3) is 6.08 Å². The highest BCUT2D eigenvalue weighted by molar-refractivity contribution is 6.13. The molecule has 0 atom stereocenters. The lowest BCUT2D eigenvalue weighted by atomic mass is 9.86. The van der Waals surface area contributed by atoms with Crippen molar-refractivity contribution in [3.63, 3.8) is 0 Å². The maximum absolute atomic E-state index is 12.8. The molecule has 1 aliphatic rings. The van der Waals surface area contributed by atoms with E-state index in [4.69, 9.17) is 4.74 Å². The molecule has 0 aromatic heterocycles. The van der Waals surface area contributed by atoms with Gasteiger partial charge in [-0.2, -0.15) is 0 Å². The molecule has 0 bridgehead atoms. The zero-order valence-corrected chi connectivity index (χ0v) is 14.5. The van der Waals surface area contributed by atoms with Crippen molar-refractivity contribution in [1.29, 1.82) is 0 Å². The Hall–Kier alpha value is -3.13. The molecule has 3 aromatic rings. The average molecular weight is 340 g/mol. The Morgan fingerprint density at radius 3 is 2.42 bits per heavy atom. The first-order valence-corrected chi connectivity index (χ1v) is 8.90. The number of ketones is 1. The minimum absolute atomic E-state index is 0.129. The van der Waals surface area contributed by atoms with Crippen LogP contribution < -0.4 is 4.74 Å². The molecule has 0 amide bonds. The van der Waals surface area contributed by atoms with E-state index in [0.29, 0.717) is 6.61 Å². The minimum atomic E-state index is 0.129. The molecule has 3 aromatic carbocycles. The van der Waals surface area contributed by atoms with Crippen molar-refractivity contribution in [3.05, 3.63) is 107 Å². The molecule has 0 saturated carbocycles. The largest absolute Gasteiger partial charge is 0.488 e. The standard InChI is InChI=1S/C24H20O2/c25-24-21(15-14-19-10-4-6-12-22(19)24)16-20-11-5-7-13-23(20)26-17-18-8-2-1-3-9-18/h1-13,16H,14-15,17H2/b21-16+. The first kappa shape index (κ1) is 16.3. The maximum Gasteiger partial charge on any atom is 0.189 e. The van der Waals surface area contributed by atoms with Crippen LogP contribution in [0.15, 0.2) is 84.4 Å². The molecular formula is C24H20O2. The lowest BCUT2D eigenvalue weighted by molar-refractivity contribution is 0.102. The van der Waals surface area contributed by atoms with Crippen LogP contribution in [0.1, 0.15) is 33.5 Å². The zero-order chi connectivity index (χ0) is 17.8. The third kappa shape index (κ3) is 3.45. The van der Waals surface area contributed by atoms with Crippen LogP contribution in [0.3, 0.4) is 0 Å². The van der Waals surface area contributed by atoms with Crippen LogP contribution in [-0.2, 0) is 13.0 Å². The van der Waals surface area contributed by atoms with Crippen molar-refractivity contribution >= 4 is 11.9 Å². The number of rotatable bonds is 4. The number of aryl methyl sites for hydroxylation is 1. The van der Waals surface area contributed by atoms with Gasteiger partial charge in [-0.25, -0.2) is 0 Å². The fraction of sp³-hybridized carbons (Fsp3) is 0.125. The summed E-state index contributed by atoms with van der Waals surface area (Å²) < 4.78 is 6.01. The number of carbonyl (C=O) groups excluding carboxylic acids is 1. The lowest BCUT2D eigenvalue weighted by Gasteiger charge is -2.18. The SMILES string of the molecule is O=C1/C(=C/c2ccccc2OCc2ccccc2)CCc2ccccc21. The Morgan fingerprint density at radius 2 is 1.54 bits per heavy atom. The van der Waals surface area contributed by atoms with E-state index in [1.807, 2.05) is 84.9 Å². The Labute approximate surface area is 153 Å². The van der Waals surface area contributed by atoms with Gasteiger partial charge in [-0.05, 0) is 36.1 Å². The summed E-state index contributed by atoms with van der Waals surface area (Å²) in [6, 6.07) is 25.9. The van der Waals surface area contributed by atoms with Gasteiger partial charge in [0.25, 0.3) is 0 Å². The Morgan fingerprint density at radius 1 is 0.808 bits per heavy atom. The van der Waals surface area contributed by atoms with Crippen molar-refractivity contribution in [2.45, 2.75) is 19.4 Å². The molecule has 0 radical (unpaired) electrons. The van der Waals surface area contributed by atoms with Crippen LogP contribution in [-0.4, -0.2) is 5.78 Å². The normalized spacial score (nSPS) is 14.9. The van der Waals surface area contributed by atoms with Gasteiger partial charge in [-0.3, -0.25) is 4.79 Å². The van der Waals surface area contributed by atoms with Crippen molar-refractivity contribution in [2.75, 3.05) is 0 Å². The second-order valence-electron chi connectivity index (χ2n) is 6.47. The zero-order valence-electron chi connectivity index (χ0n) is 14.5. The molecule has 4 rings (SSSR count). The van der Waals surface area contributed by atoms with Crippen LogP contribution in [0.2, 0.25) is 0 Å². The van der Waals surface area contributed by atoms with E-state index in [1.165, 1.54) is 0 Å². The summed E-state index contributed by atoms with van der Waals surface area (Å²) in [5.74, 6) is 0.931. The van der Waals surface area contributed by atoms with Crippen LogP contribution in [0, 0.1) is 0 Å². The summed E-state index contributed by atoms with van der Waals surface area (Å²) in [4.78, 5) is 12.8. The van der Waals surface area contributed by atoms with E-state index >= 15 is 0 Å². The van der Waals surface area contributed by atoms with Gasteiger partial charge in [0.05, 0.1) is 0 Å². The summed E-state index contributed by atoms with van der Waals surface area (Å²) in [7, 11) is 0. The van der Waals surface area contributed by atoms with E-state index in [2.05, 4.69) is 0 Å². The maximum atomic E-state index is 12.8. The van der Waals surface area contributed by atoms with Gasteiger partial charge in [0.1, 0.15) is 12.4 Å². The van der Waals surface area contributed by atoms with Crippen molar-refractivity contribution < 1.29 is 9.53 Å². The predicted molar refractivity (Wildman–Crippen MR) is 104 cm³/mol. The van der Waals surface area contributed by atoms with Gasteiger partial charge in [0.2, 0.25) is 0 Å². The van der Waals surface area contributed by atoms with Gasteiger partial charge in [0.15, 0.2) is 5.78 Å². The van der Waals surface area contributed by atoms with Crippen molar-refractivity contribution in [2.24, 2.45) is 0 Å². The number of benzene rings is 3. The smallest absolute Gasteiger partial charge is 0.189 e. The number of hydrogen-bond donors (Lipinski definition) is 0. The fourth-order valence-electron chi connectivity index (χ4n) is 3.31. The molecule has 0 spiro atoms. The summed E-state index contributed by atoms with van der Waals surface area (Å²) in [6.45, 7) is 0.512. The van der Waals surface area contributed by atoms with Crippen molar-refractivity contribution in [3.8, 4) is 5.75 Å². The number of Topliss-reactive ketones (excluding diaryl/α,β-unsaturated/α-hetero) is 1. The molecule has 1 aliphatic carbocycles. The molecule has 0 aliphatic heterocycles. The Bertz CT molecular complexity index is 955. The lowest BCUT2D eigenvalue weighted by Crippen LogP contribution is -2.13. The Kier molecular flexibility index (Phi) is 4.65. The van der Waals surface area contributed by atoms with Gasteiger partial charge >= 0.3 is 0 Å². The molecule has 0 N–H and O–H groups in total. The fourth-order valence-corrected chi connectivity index (χ4v) is 3.31. The summed E-state index contributed by atoms with van der Waals surface area (Å²) in [5, 5.41) is 0. The van der Waals surface area contributed by atoms with Crippen LogP contribution >= 0.6 is 0 Å². The highest BCUT2D eigenvalue weighted by atomic mass is 16.5. The molecule has 26 heavy (non-hydrogen) atoms. The number of ether oxygens (including phenoxy) is 1. The molecule has 0 unspecified atom stereocenters. The minimum Gasteiger partial charge on any atom is -0.488 e. The van der Waals surface area contributed by atoms with E-state index in [1.54, 1.807) is 0 Å². The monoisotopic (exact) mass is 340 g/mol. The Balaban J connectivity index is 1.59.